The molecule has 2 N–H and O–H groups in total. The highest BCUT2D eigenvalue weighted by Crippen LogP contribution is 2.23. The van der Waals surface area contributed by atoms with Gasteiger partial charge in [0.15, 0.2) is 0 Å². The zero-order valence-corrected chi connectivity index (χ0v) is 16.1. The fourth-order valence-electron chi connectivity index (χ4n) is 2.99. The van der Waals surface area contributed by atoms with Crippen LogP contribution in [-0.2, 0) is 26.1 Å². The molecular weight excluding hydrogens is 382 g/mol. The van der Waals surface area contributed by atoms with E-state index in [0.29, 0.717) is 36.2 Å². The number of hydrogen-bond acceptors (Lipinski definition) is 6. The van der Waals surface area contributed by atoms with Gasteiger partial charge in [0, 0.05) is 12.6 Å². The van der Waals surface area contributed by atoms with Crippen LogP contribution >= 0.6 is 0 Å². The van der Waals surface area contributed by atoms with Crippen LogP contribution in [0.1, 0.15) is 30.5 Å². The van der Waals surface area contributed by atoms with Crippen LogP contribution in [0.3, 0.4) is 0 Å². The largest absolute Gasteiger partial charge is 0.481 e. The third-order valence-corrected chi connectivity index (χ3v) is 5.89. The minimum absolute atomic E-state index is 0.0991. The van der Waals surface area contributed by atoms with Crippen LogP contribution in [-0.4, -0.2) is 36.3 Å². The summed E-state index contributed by atoms with van der Waals surface area (Å²) in [6.45, 7) is 1.74. The predicted octanol–water partition coefficient (Wildman–Crippen LogP) is 2.74. The van der Waals surface area contributed by atoms with Crippen LogP contribution in [0, 0.1) is 6.92 Å². The molecule has 0 fully saturated rings. The molecule has 0 bridgehead atoms. The number of carboxylic acid groups (broad SMARTS) is 1. The molecule has 1 aliphatic heterocycles. The Morgan fingerprint density at radius 2 is 2.04 bits per heavy atom. The summed E-state index contributed by atoms with van der Waals surface area (Å²) in [5.74, 6) is -0.931. The van der Waals surface area contributed by atoms with Crippen molar-refractivity contribution in [3.63, 3.8) is 0 Å². The van der Waals surface area contributed by atoms with E-state index in [2.05, 4.69) is 14.9 Å². The highest BCUT2D eigenvalue weighted by atomic mass is 32.2. The van der Waals surface area contributed by atoms with Gasteiger partial charge in [0.05, 0.1) is 28.4 Å². The van der Waals surface area contributed by atoms with Crippen molar-refractivity contribution >= 4 is 27.4 Å². The fraction of sp³-hybridized carbons (Fsp3) is 0.316. The van der Waals surface area contributed by atoms with Crippen molar-refractivity contribution in [1.29, 1.82) is 0 Å². The number of carboxylic acids is 1. The van der Waals surface area contributed by atoms with Crippen molar-refractivity contribution < 1.29 is 23.2 Å². The van der Waals surface area contributed by atoms with Crippen LogP contribution < -0.4 is 4.72 Å². The summed E-state index contributed by atoms with van der Waals surface area (Å²) in [6.07, 6.45) is 2.46. The van der Waals surface area contributed by atoms with E-state index in [9.17, 15) is 13.2 Å². The number of sulfonamides is 1. The van der Waals surface area contributed by atoms with Crippen molar-refractivity contribution in [2.45, 2.75) is 43.6 Å². The molecule has 1 atom stereocenters. The molecule has 1 aromatic carbocycles. The summed E-state index contributed by atoms with van der Waals surface area (Å²) in [5, 5.41) is 12.8. The van der Waals surface area contributed by atoms with E-state index >= 15 is 0 Å². The Morgan fingerprint density at radius 3 is 2.79 bits per heavy atom. The summed E-state index contributed by atoms with van der Waals surface area (Å²) in [5.41, 5.74) is 2.39. The molecule has 2 heterocycles. The van der Waals surface area contributed by atoms with Gasteiger partial charge in [-0.15, -0.1) is 0 Å². The van der Waals surface area contributed by atoms with Gasteiger partial charge >= 0.3 is 5.97 Å². The number of pyridine rings is 1. The number of hydrogen-bond donors (Lipinski definition) is 2. The van der Waals surface area contributed by atoms with Gasteiger partial charge in [0.1, 0.15) is 6.10 Å². The second-order valence-corrected chi connectivity index (χ2v) is 8.21. The number of benzene rings is 1. The van der Waals surface area contributed by atoms with Crippen LogP contribution in [0.4, 0.5) is 5.69 Å². The first-order valence-corrected chi connectivity index (χ1v) is 10.3. The number of oxime groups is 1. The smallest absolute Gasteiger partial charge is 0.307 e. The highest BCUT2D eigenvalue weighted by molar-refractivity contribution is 7.92. The summed E-state index contributed by atoms with van der Waals surface area (Å²) in [4.78, 5) is 20.4. The molecule has 2 aromatic rings. The van der Waals surface area contributed by atoms with Crippen molar-refractivity contribution in [1.82, 2.24) is 4.98 Å². The zero-order chi connectivity index (χ0) is 20.1. The monoisotopic (exact) mass is 403 g/mol. The Hall–Kier alpha value is -2.94. The molecule has 28 heavy (non-hydrogen) atoms. The van der Waals surface area contributed by atoms with Crippen LogP contribution in [0.25, 0.3) is 0 Å². The van der Waals surface area contributed by atoms with Gasteiger partial charge in [-0.05, 0) is 43.5 Å². The number of anilines is 1. The van der Waals surface area contributed by atoms with Crippen molar-refractivity contribution in [2.75, 3.05) is 4.72 Å². The van der Waals surface area contributed by atoms with E-state index < -0.39 is 22.1 Å². The first-order chi connectivity index (χ1) is 13.3. The van der Waals surface area contributed by atoms with E-state index in [4.69, 9.17) is 9.94 Å². The van der Waals surface area contributed by atoms with Gasteiger partial charge < -0.3 is 9.94 Å². The van der Waals surface area contributed by atoms with Crippen molar-refractivity contribution in [3.8, 4) is 0 Å². The highest BCUT2D eigenvalue weighted by Gasteiger charge is 2.24. The predicted molar refractivity (Wildman–Crippen MR) is 104 cm³/mol. The lowest BCUT2D eigenvalue weighted by molar-refractivity contribution is -0.139. The quantitative estimate of drug-likeness (QED) is 0.700. The minimum atomic E-state index is -3.74. The average Bonchev–Trinajstić information content (AvgIpc) is 3.07. The maximum absolute atomic E-state index is 12.7. The van der Waals surface area contributed by atoms with Crippen LogP contribution in [0.5, 0.6) is 0 Å². The normalized spacial score (nSPS) is 16.3. The van der Waals surface area contributed by atoms with Gasteiger partial charge in [-0.2, -0.15) is 0 Å². The number of nitrogens with one attached hydrogen (secondary N) is 1. The van der Waals surface area contributed by atoms with E-state index in [1.54, 1.807) is 49.5 Å². The Labute approximate surface area is 163 Å². The summed E-state index contributed by atoms with van der Waals surface area (Å²) < 4.78 is 28.1. The van der Waals surface area contributed by atoms with Crippen molar-refractivity contribution in [3.05, 3.63) is 53.9 Å². The SMILES string of the molecule is Cc1ccccc1S(=O)(=O)Nc1cccnc1CCC1=NOC(CC(=O)O)C1. The lowest BCUT2D eigenvalue weighted by Crippen LogP contribution is -2.16. The molecule has 0 saturated carbocycles. The second-order valence-electron chi connectivity index (χ2n) is 6.56. The number of carbonyl (C=O) groups is 1. The Kier molecular flexibility index (Phi) is 5.93. The Morgan fingerprint density at radius 1 is 1.25 bits per heavy atom. The number of nitrogens with zero attached hydrogens (tertiary/aromatic N) is 2. The molecule has 1 aromatic heterocycles. The fourth-order valence-corrected chi connectivity index (χ4v) is 4.32. The van der Waals surface area contributed by atoms with Gasteiger partial charge in [-0.3, -0.25) is 14.5 Å². The molecule has 8 nitrogen and oxygen atoms in total. The molecule has 0 amide bonds. The standard InChI is InChI=1S/C19H21N3O5S/c1-13-5-2-3-7-18(13)28(25,26)22-17-6-4-10-20-16(17)9-8-14-11-15(27-21-14)12-19(23)24/h2-7,10,15,22H,8-9,11-12H2,1H3,(H,23,24). The summed E-state index contributed by atoms with van der Waals surface area (Å²) in [7, 11) is -3.74. The molecule has 9 heteroatoms. The maximum atomic E-state index is 12.7. The number of aryl methyl sites for hydroxylation is 2. The Bertz CT molecular complexity index is 1000. The first-order valence-electron chi connectivity index (χ1n) is 8.81. The molecule has 148 valence electrons. The number of aromatic nitrogens is 1. The van der Waals surface area contributed by atoms with Crippen LogP contribution in [0.15, 0.2) is 52.6 Å². The third kappa shape index (κ3) is 4.86. The maximum Gasteiger partial charge on any atom is 0.307 e. The molecule has 0 aliphatic carbocycles. The summed E-state index contributed by atoms with van der Waals surface area (Å²) in [6, 6.07) is 10.1. The average molecular weight is 403 g/mol. The number of rotatable bonds is 8. The lowest BCUT2D eigenvalue weighted by atomic mass is 10.0. The van der Waals surface area contributed by atoms with E-state index in [1.807, 2.05) is 0 Å². The van der Waals surface area contributed by atoms with Gasteiger partial charge in [0.2, 0.25) is 0 Å². The minimum Gasteiger partial charge on any atom is -0.481 e. The van der Waals surface area contributed by atoms with Gasteiger partial charge in [-0.1, -0.05) is 23.4 Å². The van der Waals surface area contributed by atoms with Crippen molar-refractivity contribution in [2.24, 2.45) is 5.16 Å². The zero-order valence-electron chi connectivity index (χ0n) is 15.3. The van der Waals surface area contributed by atoms with Gasteiger partial charge in [0.25, 0.3) is 10.0 Å². The van der Waals surface area contributed by atoms with Crippen LogP contribution in [0.2, 0.25) is 0 Å². The lowest BCUT2D eigenvalue weighted by Gasteiger charge is -2.13. The molecule has 1 aliphatic rings. The molecule has 0 spiro atoms. The molecule has 0 radical (unpaired) electrons. The molecule has 0 saturated heterocycles. The molecule has 3 rings (SSSR count). The van der Waals surface area contributed by atoms with E-state index in [0.717, 1.165) is 5.71 Å². The van der Waals surface area contributed by atoms with E-state index in [-0.39, 0.29) is 11.3 Å². The van der Waals surface area contributed by atoms with Gasteiger partial charge in [-0.25, -0.2) is 8.42 Å². The first kappa shape index (κ1) is 19.8. The topological polar surface area (TPSA) is 118 Å². The summed E-state index contributed by atoms with van der Waals surface area (Å²) >= 11 is 0. The molecular formula is C19H21N3O5S. The Balaban J connectivity index is 1.69. The molecule has 1 unspecified atom stereocenters. The number of aliphatic carboxylic acids is 1. The third-order valence-electron chi connectivity index (χ3n) is 4.36. The second kappa shape index (κ2) is 8.39. The van der Waals surface area contributed by atoms with E-state index in [1.165, 1.54) is 0 Å².